The van der Waals surface area contributed by atoms with E-state index in [1.54, 1.807) is 23.1 Å². The molecule has 1 fully saturated rings. The lowest BCUT2D eigenvalue weighted by molar-refractivity contribution is -0.117. The second-order valence-corrected chi connectivity index (χ2v) is 6.74. The Morgan fingerprint density at radius 1 is 1.04 bits per heavy atom. The molecule has 7 nitrogen and oxygen atoms in total. The van der Waals surface area contributed by atoms with E-state index in [0.717, 1.165) is 17.5 Å². The van der Waals surface area contributed by atoms with E-state index >= 15 is 0 Å². The van der Waals surface area contributed by atoms with Gasteiger partial charge >= 0.3 is 6.03 Å². The second-order valence-electron chi connectivity index (χ2n) is 6.74. The third-order valence-electron chi connectivity index (χ3n) is 4.53. The van der Waals surface area contributed by atoms with Crippen molar-refractivity contribution in [2.24, 2.45) is 0 Å². The van der Waals surface area contributed by atoms with Crippen LogP contribution in [-0.2, 0) is 16.1 Å². The fourth-order valence-corrected chi connectivity index (χ4v) is 3.02. The number of benzene rings is 2. The number of hydrogen-bond donors (Lipinski definition) is 3. The average molecular weight is 380 g/mol. The van der Waals surface area contributed by atoms with Gasteiger partial charge in [0.25, 0.3) is 0 Å². The van der Waals surface area contributed by atoms with Crippen LogP contribution in [0.25, 0.3) is 0 Å². The molecular weight excluding hydrogens is 356 g/mol. The zero-order valence-electron chi connectivity index (χ0n) is 15.8. The van der Waals surface area contributed by atoms with Crippen molar-refractivity contribution in [1.29, 1.82) is 0 Å². The first-order chi connectivity index (χ1) is 13.5. The largest absolute Gasteiger partial charge is 0.334 e. The maximum atomic E-state index is 12.2. The summed E-state index contributed by atoms with van der Waals surface area (Å²) in [5.74, 6) is -0.306. The summed E-state index contributed by atoms with van der Waals surface area (Å²) in [6, 6.07) is 14.6. The van der Waals surface area contributed by atoms with Crippen molar-refractivity contribution < 1.29 is 14.4 Å². The molecule has 0 saturated carbocycles. The Kier molecular flexibility index (Phi) is 6.26. The molecule has 28 heavy (non-hydrogen) atoms. The first kappa shape index (κ1) is 19.4. The predicted octanol–water partition coefficient (Wildman–Crippen LogP) is 2.56. The number of amides is 4. The molecule has 4 amide bonds. The Morgan fingerprint density at radius 2 is 1.79 bits per heavy atom. The van der Waals surface area contributed by atoms with Crippen molar-refractivity contribution in [2.75, 3.05) is 23.3 Å². The number of para-hydroxylation sites is 2. The number of aryl methyl sites for hydroxylation is 1. The molecule has 0 unspecified atom stereocenters. The van der Waals surface area contributed by atoms with Crippen LogP contribution >= 0.6 is 0 Å². The Hall–Kier alpha value is -3.35. The van der Waals surface area contributed by atoms with Gasteiger partial charge < -0.3 is 20.9 Å². The highest BCUT2D eigenvalue weighted by Gasteiger charge is 2.24. The standard InChI is InChI=1S/C21H24N4O3/c1-15-8-10-16(11-9-15)13-22-21(28)23-14-19(26)24-17-5-2-3-6-18(17)25-12-4-7-20(25)27/h2-3,5-6,8-11H,4,7,12-14H2,1H3,(H,24,26)(H2,22,23,28). The van der Waals surface area contributed by atoms with Crippen LogP contribution < -0.4 is 20.9 Å². The number of rotatable bonds is 6. The Balaban J connectivity index is 1.48. The predicted molar refractivity (Wildman–Crippen MR) is 108 cm³/mol. The van der Waals surface area contributed by atoms with Crippen LogP contribution in [0, 0.1) is 6.92 Å². The molecule has 0 bridgehead atoms. The highest BCUT2D eigenvalue weighted by molar-refractivity contribution is 6.02. The molecule has 7 heteroatoms. The number of urea groups is 1. The van der Waals surface area contributed by atoms with Gasteiger partial charge in [0, 0.05) is 19.5 Å². The summed E-state index contributed by atoms with van der Waals surface area (Å²) in [6.07, 6.45) is 1.33. The minimum Gasteiger partial charge on any atom is -0.334 e. The van der Waals surface area contributed by atoms with Gasteiger partial charge in [0.2, 0.25) is 11.8 Å². The maximum Gasteiger partial charge on any atom is 0.315 e. The lowest BCUT2D eigenvalue weighted by atomic mass is 10.1. The molecule has 3 rings (SSSR count). The van der Waals surface area contributed by atoms with Crippen LogP contribution in [0.1, 0.15) is 24.0 Å². The van der Waals surface area contributed by atoms with E-state index in [4.69, 9.17) is 0 Å². The molecule has 2 aromatic carbocycles. The van der Waals surface area contributed by atoms with Crippen LogP contribution in [-0.4, -0.2) is 30.9 Å². The van der Waals surface area contributed by atoms with E-state index in [0.29, 0.717) is 30.9 Å². The zero-order chi connectivity index (χ0) is 19.9. The van der Waals surface area contributed by atoms with Crippen LogP contribution in [0.5, 0.6) is 0 Å². The molecule has 0 aliphatic carbocycles. The first-order valence-corrected chi connectivity index (χ1v) is 9.29. The van der Waals surface area contributed by atoms with Gasteiger partial charge in [-0.05, 0) is 31.0 Å². The fraction of sp³-hybridized carbons (Fsp3) is 0.286. The normalized spacial score (nSPS) is 13.3. The number of hydrogen-bond acceptors (Lipinski definition) is 3. The van der Waals surface area contributed by atoms with Crippen molar-refractivity contribution in [3.05, 3.63) is 59.7 Å². The number of carbonyl (C=O) groups excluding carboxylic acids is 3. The number of nitrogens with one attached hydrogen (secondary N) is 3. The summed E-state index contributed by atoms with van der Waals surface area (Å²) in [6.45, 7) is 2.86. The molecular formula is C21H24N4O3. The first-order valence-electron chi connectivity index (χ1n) is 9.29. The molecule has 1 saturated heterocycles. The average Bonchev–Trinajstić information content (AvgIpc) is 3.12. The smallest absolute Gasteiger partial charge is 0.315 e. The van der Waals surface area contributed by atoms with E-state index in [2.05, 4.69) is 16.0 Å². The summed E-state index contributed by atoms with van der Waals surface area (Å²) >= 11 is 0. The molecule has 0 atom stereocenters. The van der Waals surface area contributed by atoms with Gasteiger partial charge in [0.05, 0.1) is 17.9 Å². The van der Waals surface area contributed by atoms with Gasteiger partial charge in [-0.1, -0.05) is 42.0 Å². The molecule has 146 valence electrons. The molecule has 0 radical (unpaired) electrons. The SMILES string of the molecule is Cc1ccc(CNC(=O)NCC(=O)Nc2ccccc2N2CCCC2=O)cc1. The van der Waals surface area contributed by atoms with E-state index in [9.17, 15) is 14.4 Å². The van der Waals surface area contributed by atoms with Gasteiger partial charge in [-0.2, -0.15) is 0 Å². The van der Waals surface area contributed by atoms with Crippen LogP contribution in [0.3, 0.4) is 0 Å². The molecule has 0 aromatic heterocycles. The van der Waals surface area contributed by atoms with Gasteiger partial charge in [0.1, 0.15) is 0 Å². The van der Waals surface area contributed by atoms with E-state index in [-0.39, 0.29) is 18.4 Å². The highest BCUT2D eigenvalue weighted by atomic mass is 16.2. The van der Waals surface area contributed by atoms with Crippen molar-refractivity contribution >= 4 is 29.2 Å². The summed E-state index contributed by atoms with van der Waals surface area (Å²) in [5.41, 5.74) is 3.38. The van der Waals surface area contributed by atoms with Crippen molar-refractivity contribution in [3.63, 3.8) is 0 Å². The molecule has 1 aliphatic heterocycles. The molecule has 1 aliphatic rings. The van der Waals surface area contributed by atoms with E-state index in [1.165, 1.54) is 0 Å². The summed E-state index contributed by atoms with van der Waals surface area (Å²) in [7, 11) is 0. The van der Waals surface area contributed by atoms with Crippen LogP contribution in [0.4, 0.5) is 16.2 Å². The maximum absolute atomic E-state index is 12.2. The third-order valence-corrected chi connectivity index (χ3v) is 4.53. The van der Waals surface area contributed by atoms with Crippen LogP contribution in [0.2, 0.25) is 0 Å². The van der Waals surface area contributed by atoms with E-state index in [1.807, 2.05) is 37.3 Å². The number of nitrogens with zero attached hydrogens (tertiary/aromatic N) is 1. The van der Waals surface area contributed by atoms with Crippen LogP contribution in [0.15, 0.2) is 48.5 Å². The third kappa shape index (κ3) is 5.09. The van der Waals surface area contributed by atoms with Gasteiger partial charge in [-0.3, -0.25) is 9.59 Å². The van der Waals surface area contributed by atoms with Gasteiger partial charge in [-0.15, -0.1) is 0 Å². The Morgan fingerprint density at radius 3 is 2.50 bits per heavy atom. The minimum atomic E-state index is -0.418. The lowest BCUT2D eigenvalue weighted by Gasteiger charge is -2.20. The van der Waals surface area contributed by atoms with Crippen molar-refractivity contribution in [3.8, 4) is 0 Å². The summed E-state index contributed by atoms with van der Waals surface area (Å²) in [5, 5.41) is 8.02. The molecule has 3 N–H and O–H groups in total. The zero-order valence-corrected chi connectivity index (χ0v) is 15.8. The molecule has 1 heterocycles. The second kappa shape index (κ2) is 9.03. The monoisotopic (exact) mass is 380 g/mol. The summed E-state index contributed by atoms with van der Waals surface area (Å²) < 4.78 is 0. The summed E-state index contributed by atoms with van der Waals surface area (Å²) in [4.78, 5) is 37.8. The highest BCUT2D eigenvalue weighted by Crippen LogP contribution is 2.29. The van der Waals surface area contributed by atoms with Crippen molar-refractivity contribution in [1.82, 2.24) is 10.6 Å². The number of anilines is 2. The topological polar surface area (TPSA) is 90.5 Å². The van der Waals surface area contributed by atoms with Gasteiger partial charge in [0.15, 0.2) is 0 Å². The van der Waals surface area contributed by atoms with E-state index < -0.39 is 6.03 Å². The minimum absolute atomic E-state index is 0.0512. The van der Waals surface area contributed by atoms with Gasteiger partial charge in [-0.25, -0.2) is 4.79 Å². The lowest BCUT2D eigenvalue weighted by Crippen LogP contribution is -2.39. The van der Waals surface area contributed by atoms with Crippen molar-refractivity contribution in [2.45, 2.75) is 26.3 Å². The Bertz CT molecular complexity index is 864. The fourth-order valence-electron chi connectivity index (χ4n) is 3.02. The number of carbonyl (C=O) groups is 3. The molecule has 2 aromatic rings. The Labute approximate surface area is 164 Å². The quantitative estimate of drug-likeness (QED) is 0.719. The molecule has 0 spiro atoms.